The van der Waals surface area contributed by atoms with E-state index < -0.39 is 0 Å². The summed E-state index contributed by atoms with van der Waals surface area (Å²) in [6.07, 6.45) is 0. The van der Waals surface area contributed by atoms with Crippen LogP contribution in [0.25, 0.3) is 0 Å². The summed E-state index contributed by atoms with van der Waals surface area (Å²) >= 11 is 7.72. The highest BCUT2D eigenvalue weighted by Gasteiger charge is 2.40. The van der Waals surface area contributed by atoms with Crippen LogP contribution in [0.5, 0.6) is 0 Å². The lowest BCUT2D eigenvalue weighted by molar-refractivity contribution is -0.113. The molecule has 0 spiro atoms. The van der Waals surface area contributed by atoms with Gasteiger partial charge in [0.25, 0.3) is 0 Å². The van der Waals surface area contributed by atoms with Crippen LogP contribution in [0.3, 0.4) is 0 Å². The van der Waals surface area contributed by atoms with Gasteiger partial charge in [-0.3, -0.25) is 14.9 Å². The minimum atomic E-state index is 0.0266. The van der Waals surface area contributed by atoms with Crippen molar-refractivity contribution < 1.29 is 4.79 Å². The number of amides is 1. The summed E-state index contributed by atoms with van der Waals surface area (Å²) in [5, 5.41) is 8.44. The monoisotopic (exact) mass is 377 g/mol. The van der Waals surface area contributed by atoms with E-state index in [-0.39, 0.29) is 17.2 Å². The fourth-order valence-electron chi connectivity index (χ4n) is 3.71. The minimum absolute atomic E-state index is 0.0266. The molecule has 3 heterocycles. The van der Waals surface area contributed by atoms with Gasteiger partial charge < -0.3 is 5.32 Å². The Bertz CT molecular complexity index is 806. The van der Waals surface area contributed by atoms with Crippen LogP contribution < -0.4 is 16.2 Å². The lowest BCUT2D eigenvalue weighted by Crippen LogP contribution is -2.25. The maximum atomic E-state index is 12.1. The molecule has 6 nitrogen and oxygen atoms in total. The molecule has 3 atom stereocenters. The van der Waals surface area contributed by atoms with Gasteiger partial charge >= 0.3 is 0 Å². The van der Waals surface area contributed by atoms with Crippen LogP contribution in [0.2, 0.25) is 5.02 Å². The maximum Gasteiger partial charge on any atom is 0.235 e. The zero-order valence-electron chi connectivity index (χ0n) is 14.0. The number of benzene rings is 1. The molecule has 1 aromatic heterocycles. The van der Waals surface area contributed by atoms with Crippen molar-refractivity contribution in [3.8, 4) is 0 Å². The van der Waals surface area contributed by atoms with Crippen molar-refractivity contribution >= 4 is 35.1 Å². The molecule has 2 aromatic rings. The third kappa shape index (κ3) is 3.06. The second-order valence-electron chi connectivity index (χ2n) is 6.47. The topological polar surface area (TPSA) is 71.0 Å². The molecular weight excluding hydrogens is 358 g/mol. The van der Waals surface area contributed by atoms with E-state index in [1.165, 1.54) is 5.56 Å². The summed E-state index contributed by atoms with van der Waals surface area (Å²) < 4.78 is 1.77. The van der Waals surface area contributed by atoms with Gasteiger partial charge in [-0.2, -0.15) is 5.10 Å². The number of halogens is 1. The maximum absolute atomic E-state index is 12.1. The Kier molecular flexibility index (Phi) is 4.49. The molecule has 25 heavy (non-hydrogen) atoms. The standard InChI is InChI=1S/C17H20ClN5OS/c1-9-14-16(25-8-13(24)20-17(14)23(2)22-9)12-7-19-21-15(12)10-3-5-11(18)6-4-10/h3-6,12,15-16,19,21H,7-8H2,1-2H3,(H,20,24). The molecular formula is C17H20ClN5OS. The van der Waals surface area contributed by atoms with Crippen molar-refractivity contribution in [1.82, 2.24) is 20.6 Å². The molecule has 1 saturated heterocycles. The molecule has 8 heteroatoms. The largest absolute Gasteiger partial charge is 0.310 e. The van der Waals surface area contributed by atoms with Crippen molar-refractivity contribution in [2.75, 3.05) is 17.6 Å². The first-order valence-electron chi connectivity index (χ1n) is 8.23. The number of fused-ring (bicyclic) bond motifs is 1. The van der Waals surface area contributed by atoms with E-state index in [0.29, 0.717) is 11.7 Å². The molecule has 0 saturated carbocycles. The molecule has 132 valence electrons. The third-order valence-electron chi connectivity index (χ3n) is 4.85. The van der Waals surface area contributed by atoms with Crippen molar-refractivity contribution in [2.45, 2.75) is 18.2 Å². The number of carbonyl (C=O) groups excluding carboxylic acids is 1. The highest BCUT2D eigenvalue weighted by Crippen LogP contribution is 2.48. The van der Waals surface area contributed by atoms with Gasteiger partial charge in [-0.15, -0.1) is 11.8 Å². The van der Waals surface area contributed by atoms with Crippen LogP contribution in [0.1, 0.15) is 28.1 Å². The van der Waals surface area contributed by atoms with Gasteiger partial charge in [0, 0.05) is 35.3 Å². The zero-order valence-corrected chi connectivity index (χ0v) is 15.6. The average Bonchev–Trinajstić information content (AvgIpc) is 3.10. The number of hydrogen-bond acceptors (Lipinski definition) is 5. The number of aryl methyl sites for hydroxylation is 2. The number of aromatic nitrogens is 2. The Morgan fingerprint density at radius 1 is 1.32 bits per heavy atom. The van der Waals surface area contributed by atoms with Gasteiger partial charge in [-0.05, 0) is 24.6 Å². The number of anilines is 1. The molecule has 0 radical (unpaired) electrons. The van der Waals surface area contributed by atoms with Crippen molar-refractivity contribution in [1.29, 1.82) is 0 Å². The predicted octanol–water partition coefficient (Wildman–Crippen LogP) is 2.57. The number of nitrogens with one attached hydrogen (secondary N) is 3. The Morgan fingerprint density at radius 2 is 2.08 bits per heavy atom. The molecule has 3 unspecified atom stereocenters. The zero-order chi connectivity index (χ0) is 17.6. The van der Waals surface area contributed by atoms with Crippen LogP contribution in [0.4, 0.5) is 5.82 Å². The van der Waals surface area contributed by atoms with Gasteiger partial charge in [0.05, 0.1) is 17.5 Å². The van der Waals surface area contributed by atoms with Gasteiger partial charge in [0.2, 0.25) is 5.91 Å². The molecule has 2 aliphatic rings. The molecule has 0 bridgehead atoms. The van der Waals surface area contributed by atoms with Crippen LogP contribution in [-0.4, -0.2) is 28.0 Å². The number of nitrogens with zero attached hydrogens (tertiary/aromatic N) is 2. The smallest absolute Gasteiger partial charge is 0.235 e. The number of hydrazine groups is 1. The van der Waals surface area contributed by atoms with Gasteiger partial charge in [-0.1, -0.05) is 23.7 Å². The van der Waals surface area contributed by atoms with Crippen LogP contribution in [-0.2, 0) is 11.8 Å². The summed E-state index contributed by atoms with van der Waals surface area (Å²) in [4.78, 5) is 12.1. The summed E-state index contributed by atoms with van der Waals surface area (Å²) in [5.74, 6) is 1.58. The lowest BCUT2D eigenvalue weighted by Gasteiger charge is -2.26. The lowest BCUT2D eigenvalue weighted by atomic mass is 9.88. The Hall–Kier alpha value is -1.54. The van der Waals surface area contributed by atoms with E-state index >= 15 is 0 Å². The molecule has 2 aliphatic heterocycles. The fourth-order valence-corrected chi connectivity index (χ4v) is 5.19. The Balaban J connectivity index is 1.73. The molecule has 1 amide bonds. The highest BCUT2D eigenvalue weighted by atomic mass is 35.5. The first kappa shape index (κ1) is 16.9. The minimum Gasteiger partial charge on any atom is -0.310 e. The molecule has 3 N–H and O–H groups in total. The normalized spacial score (nSPS) is 26.2. The summed E-state index contributed by atoms with van der Waals surface area (Å²) in [6, 6.07) is 8.10. The van der Waals surface area contributed by atoms with Gasteiger partial charge in [-0.25, -0.2) is 5.43 Å². The van der Waals surface area contributed by atoms with Gasteiger partial charge in [0.15, 0.2) is 0 Å². The summed E-state index contributed by atoms with van der Waals surface area (Å²) in [5.41, 5.74) is 9.97. The predicted molar refractivity (Wildman–Crippen MR) is 101 cm³/mol. The second-order valence-corrected chi connectivity index (χ2v) is 8.04. The second kappa shape index (κ2) is 6.64. The number of thioether (sulfide) groups is 1. The summed E-state index contributed by atoms with van der Waals surface area (Å²) in [6.45, 7) is 2.84. The van der Waals surface area contributed by atoms with E-state index in [1.807, 2.05) is 26.1 Å². The first-order chi connectivity index (χ1) is 12.0. The van der Waals surface area contributed by atoms with Crippen LogP contribution in [0, 0.1) is 12.8 Å². The van der Waals surface area contributed by atoms with E-state index in [0.717, 1.165) is 28.6 Å². The van der Waals surface area contributed by atoms with E-state index in [9.17, 15) is 4.79 Å². The van der Waals surface area contributed by atoms with Crippen LogP contribution >= 0.6 is 23.4 Å². The average molecular weight is 378 g/mol. The molecule has 0 aliphatic carbocycles. The van der Waals surface area contributed by atoms with E-state index in [1.54, 1.807) is 16.4 Å². The van der Waals surface area contributed by atoms with Crippen molar-refractivity contribution in [3.05, 3.63) is 46.1 Å². The molecule has 4 rings (SSSR count). The fraction of sp³-hybridized carbons (Fsp3) is 0.412. The summed E-state index contributed by atoms with van der Waals surface area (Å²) in [7, 11) is 1.88. The SMILES string of the molecule is Cc1nn(C)c2c1C(C1CNNC1c1ccc(Cl)cc1)SCC(=O)N2. The van der Waals surface area contributed by atoms with E-state index in [4.69, 9.17) is 11.6 Å². The molecule has 1 aromatic carbocycles. The Morgan fingerprint density at radius 3 is 2.84 bits per heavy atom. The number of rotatable bonds is 2. The van der Waals surface area contributed by atoms with Crippen molar-refractivity contribution in [2.24, 2.45) is 13.0 Å². The number of carbonyl (C=O) groups is 1. The van der Waals surface area contributed by atoms with Crippen LogP contribution in [0.15, 0.2) is 24.3 Å². The first-order valence-corrected chi connectivity index (χ1v) is 9.66. The number of hydrogen-bond donors (Lipinski definition) is 3. The quantitative estimate of drug-likeness (QED) is 0.750. The van der Waals surface area contributed by atoms with Gasteiger partial charge in [0.1, 0.15) is 5.82 Å². The van der Waals surface area contributed by atoms with E-state index in [2.05, 4.69) is 33.4 Å². The Labute approximate surface area is 155 Å². The van der Waals surface area contributed by atoms with Crippen molar-refractivity contribution in [3.63, 3.8) is 0 Å². The third-order valence-corrected chi connectivity index (χ3v) is 6.47. The molecule has 1 fully saturated rings. The highest BCUT2D eigenvalue weighted by molar-refractivity contribution is 8.00.